The molecule has 0 unspecified atom stereocenters. The van der Waals surface area contributed by atoms with Gasteiger partial charge in [-0.05, 0) is 92.1 Å². The third kappa shape index (κ3) is 8.95. The maximum absolute atomic E-state index is 12.5. The van der Waals surface area contributed by atoms with Gasteiger partial charge in [-0.1, -0.05) is 39.2 Å². The molecule has 0 aliphatic heterocycles. The van der Waals surface area contributed by atoms with Gasteiger partial charge in [0.1, 0.15) is 11.5 Å². The zero-order chi connectivity index (χ0) is 25.6. The predicted molar refractivity (Wildman–Crippen MR) is 145 cm³/mol. The van der Waals surface area contributed by atoms with Crippen LogP contribution in [-0.2, 0) is 6.42 Å². The van der Waals surface area contributed by atoms with E-state index in [9.17, 15) is 4.79 Å². The van der Waals surface area contributed by atoms with E-state index in [1.54, 1.807) is 36.4 Å². The highest BCUT2D eigenvalue weighted by molar-refractivity contribution is 5.91. The summed E-state index contributed by atoms with van der Waals surface area (Å²) in [6, 6.07) is 14.3. The van der Waals surface area contributed by atoms with Crippen LogP contribution in [0.25, 0.3) is 11.4 Å². The summed E-state index contributed by atoms with van der Waals surface area (Å²) in [6.07, 6.45) is 14.7. The number of aromatic nitrogens is 2. The quantitative estimate of drug-likeness (QED) is 0.0947. The number of ether oxygens (including phenoxy) is 2. The summed E-state index contributed by atoms with van der Waals surface area (Å²) in [4.78, 5) is 21.6. The zero-order valence-electron chi connectivity index (χ0n) is 21.6. The number of benzene rings is 2. The Kier molecular flexibility index (Phi) is 11.2. The molecule has 0 aliphatic carbocycles. The van der Waals surface area contributed by atoms with Crippen LogP contribution in [0.15, 0.2) is 73.6 Å². The largest absolute Gasteiger partial charge is 0.494 e. The molecule has 5 heteroatoms. The molecule has 3 rings (SSSR count). The molecule has 5 nitrogen and oxygen atoms in total. The van der Waals surface area contributed by atoms with Gasteiger partial charge in [-0.15, -0.1) is 6.58 Å². The van der Waals surface area contributed by atoms with Crippen LogP contribution in [-0.4, -0.2) is 22.5 Å². The fourth-order valence-electron chi connectivity index (χ4n) is 3.77. The van der Waals surface area contributed by atoms with Crippen molar-refractivity contribution in [1.29, 1.82) is 0 Å². The Balaban J connectivity index is 1.46. The van der Waals surface area contributed by atoms with Crippen molar-refractivity contribution in [2.45, 2.75) is 65.2 Å². The smallest absolute Gasteiger partial charge is 0.343 e. The van der Waals surface area contributed by atoms with Crippen LogP contribution in [0.3, 0.4) is 0 Å². The van der Waals surface area contributed by atoms with Gasteiger partial charge in [0.15, 0.2) is 5.82 Å². The number of allylic oxidation sites excluding steroid dienone is 1. The van der Waals surface area contributed by atoms with Crippen LogP contribution in [0.5, 0.6) is 11.5 Å². The molecule has 0 fully saturated rings. The fraction of sp³-hybridized carbons (Fsp3) is 0.387. The van der Waals surface area contributed by atoms with E-state index in [2.05, 4.69) is 30.4 Å². The number of carbonyl (C=O) groups excluding carboxylic acids is 1. The Morgan fingerprint density at radius 1 is 0.944 bits per heavy atom. The van der Waals surface area contributed by atoms with Crippen LogP contribution in [0.4, 0.5) is 0 Å². The second kappa shape index (κ2) is 14.8. The highest BCUT2D eigenvalue weighted by Crippen LogP contribution is 2.21. The lowest BCUT2D eigenvalue weighted by molar-refractivity contribution is 0.0734. The number of rotatable bonds is 15. The summed E-state index contributed by atoms with van der Waals surface area (Å²) >= 11 is 0. The minimum Gasteiger partial charge on any atom is -0.494 e. The first-order valence-electron chi connectivity index (χ1n) is 13.1. The lowest BCUT2D eigenvalue weighted by atomic mass is 10.00. The van der Waals surface area contributed by atoms with Crippen molar-refractivity contribution in [3.05, 3.63) is 84.7 Å². The Morgan fingerprint density at radius 2 is 1.64 bits per heavy atom. The minimum atomic E-state index is -0.408. The third-order valence-corrected chi connectivity index (χ3v) is 6.30. The van der Waals surface area contributed by atoms with E-state index in [-0.39, 0.29) is 0 Å². The Hall–Kier alpha value is -3.47. The van der Waals surface area contributed by atoms with Gasteiger partial charge in [0, 0.05) is 18.0 Å². The lowest BCUT2D eigenvalue weighted by Gasteiger charge is -2.08. The Bertz CT molecular complexity index is 1060. The molecule has 36 heavy (non-hydrogen) atoms. The molecule has 1 heterocycles. The maximum Gasteiger partial charge on any atom is 0.343 e. The first-order valence-corrected chi connectivity index (χ1v) is 13.1. The monoisotopic (exact) mass is 486 g/mol. The predicted octanol–water partition coefficient (Wildman–Crippen LogP) is 7.86. The highest BCUT2D eigenvalue weighted by atomic mass is 16.5. The normalized spacial score (nSPS) is 11.6. The molecule has 0 amide bonds. The van der Waals surface area contributed by atoms with E-state index in [0.29, 0.717) is 23.7 Å². The molecule has 2 aromatic carbocycles. The first kappa shape index (κ1) is 27.1. The van der Waals surface area contributed by atoms with Crippen LogP contribution < -0.4 is 9.47 Å². The van der Waals surface area contributed by atoms with Gasteiger partial charge in [0.2, 0.25) is 0 Å². The van der Waals surface area contributed by atoms with Gasteiger partial charge >= 0.3 is 5.97 Å². The van der Waals surface area contributed by atoms with E-state index < -0.39 is 5.97 Å². The van der Waals surface area contributed by atoms with Gasteiger partial charge in [-0.25, -0.2) is 14.8 Å². The van der Waals surface area contributed by atoms with Crippen molar-refractivity contribution in [2.75, 3.05) is 6.61 Å². The maximum atomic E-state index is 12.5. The SMILES string of the molecule is C=CCCCCOc1ccc(C(=O)Oc2ccc(-c3ncc(CCCC[C@@H](C)CC)cn3)cc2)cc1. The standard InChI is InChI=1S/C31H38N2O3/c1-4-6-7-10-21-35-28-17-15-27(16-18-28)31(34)36-29-19-13-26(14-20-29)30-32-22-25(23-33-30)12-9-8-11-24(3)5-2/h4,13-20,22-24H,1,5-12,21H2,2-3H3/t24-/m0/s1. The molecule has 1 aromatic heterocycles. The first-order chi connectivity index (χ1) is 17.6. The molecule has 0 aliphatic rings. The molecule has 0 bridgehead atoms. The summed E-state index contributed by atoms with van der Waals surface area (Å²) in [5.74, 6) is 2.27. The lowest BCUT2D eigenvalue weighted by Crippen LogP contribution is -2.08. The molecule has 190 valence electrons. The van der Waals surface area contributed by atoms with E-state index in [0.717, 1.165) is 48.5 Å². The second-order valence-electron chi connectivity index (χ2n) is 9.25. The molecule has 3 aromatic rings. The molecular weight excluding hydrogens is 448 g/mol. The summed E-state index contributed by atoms with van der Waals surface area (Å²) in [5, 5.41) is 0. The molecule has 0 saturated carbocycles. The Labute approximate surface area is 215 Å². The average Bonchev–Trinajstić information content (AvgIpc) is 2.92. The molecule has 1 atom stereocenters. The summed E-state index contributed by atoms with van der Waals surface area (Å²) in [5.41, 5.74) is 2.52. The number of nitrogens with zero attached hydrogens (tertiary/aromatic N) is 2. The zero-order valence-corrected chi connectivity index (χ0v) is 21.6. The highest BCUT2D eigenvalue weighted by Gasteiger charge is 2.10. The summed E-state index contributed by atoms with van der Waals surface area (Å²) < 4.78 is 11.2. The molecule has 0 spiro atoms. The Morgan fingerprint density at radius 3 is 2.31 bits per heavy atom. The van der Waals surface area contributed by atoms with Crippen LogP contribution in [0, 0.1) is 5.92 Å². The number of unbranched alkanes of at least 4 members (excludes halogenated alkanes) is 3. The number of carbonyl (C=O) groups is 1. The van der Waals surface area contributed by atoms with Crippen molar-refractivity contribution in [3.63, 3.8) is 0 Å². The second-order valence-corrected chi connectivity index (χ2v) is 9.25. The molecule has 0 N–H and O–H groups in total. The molecule has 0 radical (unpaired) electrons. The van der Waals surface area contributed by atoms with Crippen molar-refractivity contribution >= 4 is 5.97 Å². The van der Waals surface area contributed by atoms with Gasteiger partial charge in [-0.3, -0.25) is 0 Å². The van der Waals surface area contributed by atoms with Gasteiger partial charge < -0.3 is 9.47 Å². The van der Waals surface area contributed by atoms with Crippen LogP contribution in [0.2, 0.25) is 0 Å². The van der Waals surface area contributed by atoms with E-state index >= 15 is 0 Å². The number of esters is 1. The fourth-order valence-corrected chi connectivity index (χ4v) is 3.77. The van der Waals surface area contributed by atoms with E-state index in [4.69, 9.17) is 9.47 Å². The van der Waals surface area contributed by atoms with Gasteiger partial charge in [-0.2, -0.15) is 0 Å². The molecular formula is C31H38N2O3. The summed E-state index contributed by atoms with van der Waals surface area (Å²) in [6.45, 7) is 8.92. The topological polar surface area (TPSA) is 61.3 Å². The van der Waals surface area contributed by atoms with Crippen molar-refractivity contribution in [1.82, 2.24) is 9.97 Å². The number of hydrogen-bond donors (Lipinski definition) is 0. The van der Waals surface area contributed by atoms with E-state index in [1.807, 2.05) is 30.6 Å². The van der Waals surface area contributed by atoms with Gasteiger partial charge in [0.05, 0.1) is 12.2 Å². The van der Waals surface area contributed by atoms with Gasteiger partial charge in [0.25, 0.3) is 0 Å². The number of hydrogen-bond acceptors (Lipinski definition) is 5. The van der Waals surface area contributed by atoms with Crippen molar-refractivity contribution in [2.24, 2.45) is 5.92 Å². The van der Waals surface area contributed by atoms with Crippen molar-refractivity contribution in [3.8, 4) is 22.9 Å². The van der Waals surface area contributed by atoms with Crippen LogP contribution in [0.1, 0.15) is 74.7 Å². The van der Waals surface area contributed by atoms with Crippen LogP contribution >= 0.6 is 0 Å². The average molecular weight is 487 g/mol. The number of aryl methyl sites for hydroxylation is 1. The van der Waals surface area contributed by atoms with Crippen molar-refractivity contribution < 1.29 is 14.3 Å². The third-order valence-electron chi connectivity index (χ3n) is 6.30. The van der Waals surface area contributed by atoms with E-state index in [1.165, 1.54) is 25.7 Å². The summed E-state index contributed by atoms with van der Waals surface area (Å²) in [7, 11) is 0. The minimum absolute atomic E-state index is 0.408. The molecule has 0 saturated heterocycles.